The molecule has 45 heavy (non-hydrogen) atoms. The summed E-state index contributed by atoms with van der Waals surface area (Å²) >= 11 is 1.52. The highest BCUT2D eigenvalue weighted by atomic mass is 32.1. The van der Waals surface area contributed by atoms with Crippen molar-refractivity contribution in [3.8, 4) is 22.2 Å². The average molecular weight is 633 g/mol. The van der Waals surface area contributed by atoms with Crippen LogP contribution in [-0.4, -0.2) is 69.1 Å². The van der Waals surface area contributed by atoms with E-state index in [2.05, 4.69) is 19.2 Å². The molecule has 10 nitrogen and oxygen atoms in total. The zero-order valence-corrected chi connectivity index (χ0v) is 26.8. The number of methoxy groups -OCH3 is 1. The summed E-state index contributed by atoms with van der Waals surface area (Å²) in [5, 5.41) is 16.5. The van der Waals surface area contributed by atoms with Crippen LogP contribution in [-0.2, 0) is 14.4 Å². The third-order valence-corrected chi connectivity index (χ3v) is 10.00. The van der Waals surface area contributed by atoms with Crippen molar-refractivity contribution in [1.29, 1.82) is 0 Å². The number of thiazole rings is 1. The van der Waals surface area contributed by atoms with Crippen LogP contribution < -0.4 is 14.8 Å². The average Bonchev–Trinajstić information content (AvgIpc) is 3.33. The molecule has 2 fully saturated rings. The van der Waals surface area contributed by atoms with Gasteiger partial charge in [0, 0.05) is 41.7 Å². The van der Waals surface area contributed by atoms with Crippen LogP contribution in [0.4, 0.5) is 0 Å². The monoisotopic (exact) mass is 632 g/mol. The lowest BCUT2D eigenvalue weighted by Crippen LogP contribution is -2.53. The Morgan fingerprint density at radius 1 is 1.16 bits per heavy atom. The summed E-state index contributed by atoms with van der Waals surface area (Å²) in [4.78, 5) is 50.8. The van der Waals surface area contributed by atoms with Gasteiger partial charge in [-0.1, -0.05) is 38.8 Å². The van der Waals surface area contributed by atoms with Crippen molar-refractivity contribution in [3.63, 3.8) is 0 Å². The van der Waals surface area contributed by atoms with E-state index in [9.17, 15) is 19.5 Å². The Balaban J connectivity index is 1.30. The number of carbonyl (C=O) groups is 3. The lowest BCUT2D eigenvalue weighted by molar-refractivity contribution is -0.145. The van der Waals surface area contributed by atoms with Crippen molar-refractivity contribution in [3.05, 3.63) is 47.5 Å². The van der Waals surface area contributed by atoms with E-state index in [1.54, 1.807) is 12.0 Å². The zero-order valence-electron chi connectivity index (χ0n) is 26.0. The maximum atomic E-state index is 13.7. The number of carboxylic acids is 1. The van der Waals surface area contributed by atoms with Gasteiger partial charge in [0.05, 0.1) is 24.9 Å². The number of hydrogen-bond acceptors (Lipinski definition) is 8. The number of nitrogens with one attached hydrogen (secondary N) is 1. The number of carbonyl (C=O) groups excluding carboxylic acids is 2. The number of hydrogen-bond donors (Lipinski definition) is 2. The van der Waals surface area contributed by atoms with Crippen LogP contribution in [0.2, 0.25) is 0 Å². The molecule has 0 spiro atoms. The number of nitrogens with zero attached hydrogens (tertiary/aromatic N) is 3. The molecular formula is C34H40N4O6S. The molecule has 3 aliphatic rings. The van der Waals surface area contributed by atoms with E-state index in [-0.39, 0.29) is 30.7 Å². The fraction of sp³-hybridized carbons (Fsp3) is 0.500. The maximum Gasteiger partial charge on any atom is 0.330 e. The van der Waals surface area contributed by atoms with Crippen molar-refractivity contribution in [1.82, 2.24) is 20.2 Å². The minimum absolute atomic E-state index is 0.111. The van der Waals surface area contributed by atoms with Gasteiger partial charge >= 0.3 is 5.97 Å². The SMILES string of the molecule is COc1ccc2c(O[C@@H]3C[C@H]4C(=O)N[C@]5(C(=O)O)C[C@H]5/C=C\CCCCCCC(=O)N4C3)cc(-c3nc(C(C)C)cs3)nc2c1. The normalized spacial score (nSPS) is 26.4. The first kappa shape index (κ1) is 31.0. The van der Waals surface area contributed by atoms with Crippen LogP contribution in [0.25, 0.3) is 21.6 Å². The van der Waals surface area contributed by atoms with E-state index < -0.39 is 29.6 Å². The standard InChI is InChI=1S/C34H40N4O6S/c1-20(2)27-19-45-32(36-27)26-16-29(24-13-12-22(43-3)14-25(24)35-26)44-23-15-28-31(40)37-34(33(41)42)17-21(34)10-8-6-4-5-7-9-11-30(39)38(28)18-23/h8,10,12-14,16,19-21,23,28H,4-7,9,11,15,17-18H2,1-3H3,(H,37,40)(H,41,42)/b10-8-/t21-,23-,28+,34-/m1/s1. The molecular weight excluding hydrogens is 592 g/mol. The van der Waals surface area contributed by atoms with Crippen molar-refractivity contribution in [2.24, 2.45) is 5.92 Å². The Bertz CT molecular complexity index is 1640. The summed E-state index contributed by atoms with van der Waals surface area (Å²) in [6, 6.07) is 6.64. The van der Waals surface area contributed by atoms with E-state index in [0.29, 0.717) is 35.6 Å². The van der Waals surface area contributed by atoms with Gasteiger partial charge in [0.15, 0.2) is 0 Å². The number of aliphatic carboxylic acids is 1. The second kappa shape index (κ2) is 12.8. The fourth-order valence-corrected chi connectivity index (χ4v) is 7.27. The Morgan fingerprint density at radius 3 is 2.73 bits per heavy atom. The number of carboxylic acid groups (broad SMARTS) is 1. The van der Waals surface area contributed by atoms with Crippen LogP contribution >= 0.6 is 11.3 Å². The van der Waals surface area contributed by atoms with Gasteiger partial charge in [0.1, 0.15) is 39.9 Å². The lowest BCUT2D eigenvalue weighted by Gasteiger charge is -2.25. The molecule has 4 heterocycles. The molecule has 11 heteroatoms. The summed E-state index contributed by atoms with van der Waals surface area (Å²) in [5.74, 6) is -0.350. The molecule has 4 atom stereocenters. The second-order valence-electron chi connectivity index (χ2n) is 12.6. The lowest BCUT2D eigenvalue weighted by atomic mass is 10.1. The van der Waals surface area contributed by atoms with Gasteiger partial charge in [-0.2, -0.15) is 0 Å². The predicted octanol–water partition coefficient (Wildman–Crippen LogP) is 5.71. The first-order valence-electron chi connectivity index (χ1n) is 15.8. The number of fused-ring (bicyclic) bond motifs is 3. The van der Waals surface area contributed by atoms with Gasteiger partial charge in [-0.3, -0.25) is 9.59 Å². The molecule has 2 aromatic heterocycles. The van der Waals surface area contributed by atoms with Crippen LogP contribution in [0, 0.1) is 5.92 Å². The third kappa shape index (κ3) is 6.40. The third-order valence-electron chi connectivity index (χ3n) is 9.11. The number of rotatable bonds is 6. The summed E-state index contributed by atoms with van der Waals surface area (Å²) in [7, 11) is 1.61. The molecule has 2 N–H and O–H groups in total. The fourth-order valence-electron chi connectivity index (χ4n) is 6.33. The van der Waals surface area contributed by atoms with Crippen molar-refractivity contribution >= 4 is 40.0 Å². The Kier molecular flexibility index (Phi) is 8.81. The topological polar surface area (TPSA) is 131 Å². The van der Waals surface area contributed by atoms with E-state index in [1.165, 1.54) is 11.3 Å². The summed E-state index contributed by atoms with van der Waals surface area (Å²) in [6.45, 7) is 4.42. The molecule has 3 aromatic rings. The van der Waals surface area contributed by atoms with Crippen LogP contribution in [0.15, 0.2) is 41.8 Å². The maximum absolute atomic E-state index is 13.7. The highest BCUT2D eigenvalue weighted by molar-refractivity contribution is 7.13. The zero-order chi connectivity index (χ0) is 31.7. The molecule has 0 radical (unpaired) electrons. The van der Waals surface area contributed by atoms with Crippen molar-refractivity contribution in [2.75, 3.05) is 13.7 Å². The molecule has 1 aliphatic carbocycles. The summed E-state index contributed by atoms with van der Waals surface area (Å²) < 4.78 is 12.1. The molecule has 238 valence electrons. The number of amides is 2. The largest absolute Gasteiger partial charge is 0.497 e. The number of ether oxygens (including phenoxy) is 2. The quantitative estimate of drug-likeness (QED) is 0.331. The second-order valence-corrected chi connectivity index (χ2v) is 13.5. The minimum atomic E-state index is -1.33. The van der Waals surface area contributed by atoms with Crippen LogP contribution in [0.1, 0.15) is 76.8 Å². The van der Waals surface area contributed by atoms with E-state index in [1.807, 2.05) is 41.8 Å². The molecule has 1 saturated heterocycles. The minimum Gasteiger partial charge on any atom is -0.497 e. The molecule has 2 amide bonds. The van der Waals surface area contributed by atoms with Gasteiger partial charge in [-0.15, -0.1) is 11.3 Å². The molecule has 0 unspecified atom stereocenters. The summed E-state index contributed by atoms with van der Waals surface area (Å²) in [5.41, 5.74) is 1.00. The molecule has 1 saturated carbocycles. The number of aromatic nitrogens is 2. The Hall–Kier alpha value is -3.99. The highest BCUT2D eigenvalue weighted by Crippen LogP contribution is 2.45. The highest BCUT2D eigenvalue weighted by Gasteiger charge is 2.61. The summed E-state index contributed by atoms with van der Waals surface area (Å²) in [6.07, 6.45) is 8.91. The van der Waals surface area contributed by atoms with Crippen molar-refractivity contribution in [2.45, 2.75) is 88.8 Å². The van der Waals surface area contributed by atoms with Crippen LogP contribution in [0.5, 0.6) is 11.5 Å². The first-order valence-corrected chi connectivity index (χ1v) is 16.7. The van der Waals surface area contributed by atoms with Gasteiger partial charge in [0.2, 0.25) is 11.8 Å². The predicted molar refractivity (Wildman–Crippen MR) is 171 cm³/mol. The Labute approximate surface area is 266 Å². The number of pyridine rings is 1. The smallest absolute Gasteiger partial charge is 0.330 e. The van der Waals surface area contributed by atoms with E-state index in [0.717, 1.165) is 48.2 Å². The molecule has 2 aliphatic heterocycles. The number of benzene rings is 1. The van der Waals surface area contributed by atoms with Gasteiger partial charge < -0.3 is 24.8 Å². The molecule has 0 bridgehead atoms. The van der Waals surface area contributed by atoms with Crippen molar-refractivity contribution < 1.29 is 29.0 Å². The Morgan fingerprint density at radius 2 is 1.98 bits per heavy atom. The molecule has 6 rings (SSSR count). The van der Waals surface area contributed by atoms with Gasteiger partial charge in [0.25, 0.3) is 0 Å². The van der Waals surface area contributed by atoms with E-state index in [4.69, 9.17) is 19.4 Å². The molecule has 1 aromatic carbocycles. The first-order chi connectivity index (χ1) is 21.7. The van der Waals surface area contributed by atoms with E-state index >= 15 is 0 Å². The number of allylic oxidation sites excluding steroid dienone is 1. The van der Waals surface area contributed by atoms with Gasteiger partial charge in [-0.25, -0.2) is 14.8 Å². The van der Waals surface area contributed by atoms with Crippen LogP contribution in [0.3, 0.4) is 0 Å². The van der Waals surface area contributed by atoms with Gasteiger partial charge in [-0.05, 0) is 43.7 Å².